The second-order valence-corrected chi connectivity index (χ2v) is 30.0. The monoisotopic (exact) mass is 1800 g/mol. The summed E-state index contributed by atoms with van der Waals surface area (Å²) >= 11 is 0. The molecule has 4 heterocycles. The second kappa shape index (κ2) is 67.0. The van der Waals surface area contributed by atoms with E-state index >= 15 is 0 Å². The predicted octanol–water partition coefficient (Wildman–Crippen LogP) is -6.21. The van der Waals surface area contributed by atoms with Gasteiger partial charge in [-0.2, -0.15) is 0 Å². The van der Waals surface area contributed by atoms with Crippen LogP contribution in [0.5, 0.6) is 0 Å². The molecule has 0 bridgehead atoms. The first-order valence-electron chi connectivity index (χ1n) is 43.1. The average Bonchev–Trinajstić information content (AvgIpc) is 1.31. The molecule has 4 rings (SSSR count). The zero-order valence-electron chi connectivity index (χ0n) is 72.4. The Morgan fingerprint density at radius 3 is 1.02 bits per heavy atom. The Labute approximate surface area is 728 Å². The van der Waals surface area contributed by atoms with Crippen molar-refractivity contribution >= 4 is 70.9 Å². The largest absolute Gasteiger partial charge is 0.394 e. The molecule has 0 aliphatic carbocycles. The smallest absolute Gasteiger partial charge is 0.253 e. The van der Waals surface area contributed by atoms with Crippen LogP contribution in [0.15, 0.2) is 12.2 Å². The molecule has 12 amide bonds. The molecule has 0 spiro atoms. The molecule has 0 aromatic rings. The van der Waals surface area contributed by atoms with Crippen molar-refractivity contribution in [3.05, 3.63) is 12.2 Å². The van der Waals surface area contributed by atoms with Gasteiger partial charge in [-0.3, -0.25) is 62.4 Å². The Hall–Kier alpha value is -7.30. The van der Waals surface area contributed by atoms with E-state index in [1.165, 1.54) is 32.9 Å². The number of hydrogen-bond donors (Lipinski definition) is 17. The molecule has 3 fully saturated rings. The summed E-state index contributed by atoms with van der Waals surface area (Å²) in [6, 6.07) is -2.56. The molecule has 17 N–H and O–H groups in total. The van der Waals surface area contributed by atoms with Gasteiger partial charge in [0.15, 0.2) is 18.9 Å². The van der Waals surface area contributed by atoms with E-state index in [4.69, 9.17) is 71.1 Å². The van der Waals surface area contributed by atoms with Crippen molar-refractivity contribution < 1.29 is 164 Å². The van der Waals surface area contributed by atoms with Crippen LogP contribution in [-0.2, 0) is 129 Å². The number of amides is 12. The van der Waals surface area contributed by atoms with Crippen molar-refractivity contribution in [1.29, 1.82) is 0 Å². The van der Waals surface area contributed by atoms with E-state index in [2.05, 4.69) is 53.2 Å². The third-order valence-electron chi connectivity index (χ3n) is 19.4. The lowest BCUT2D eigenvalue weighted by Crippen LogP contribution is -2.64. The Kier molecular flexibility index (Phi) is 59.0. The molecule has 1 unspecified atom stereocenters. The Balaban J connectivity index is 1.27. The van der Waals surface area contributed by atoms with Crippen LogP contribution in [0.1, 0.15) is 136 Å². The van der Waals surface area contributed by atoms with Crippen LogP contribution in [-0.4, -0.2) is 401 Å². The number of aliphatic hydroxyl groups is 7. The van der Waals surface area contributed by atoms with E-state index in [1.54, 1.807) is 0 Å². The molecule has 45 heteroatoms. The second-order valence-electron chi connectivity index (χ2n) is 30.0. The topological polar surface area (TPSA) is 608 Å². The molecule has 0 saturated carbocycles. The molecule has 4 aliphatic rings. The lowest BCUT2D eigenvalue weighted by molar-refractivity contribution is -0.270. The van der Waals surface area contributed by atoms with E-state index in [0.717, 1.165) is 4.90 Å². The first kappa shape index (κ1) is 110. The molecule has 0 aromatic heterocycles. The first-order valence-corrected chi connectivity index (χ1v) is 43.1. The van der Waals surface area contributed by atoms with Crippen molar-refractivity contribution in [3.63, 3.8) is 0 Å². The van der Waals surface area contributed by atoms with Crippen LogP contribution < -0.4 is 53.2 Å². The third kappa shape index (κ3) is 49.2. The first-order chi connectivity index (χ1) is 60.3. The number of hydrogen-bond acceptors (Lipinski definition) is 34. The highest BCUT2D eigenvalue weighted by Crippen LogP contribution is 2.26. The van der Waals surface area contributed by atoms with Gasteiger partial charge >= 0.3 is 0 Å². The van der Waals surface area contributed by atoms with Crippen molar-refractivity contribution in [2.45, 2.75) is 222 Å². The quantitative estimate of drug-likeness (QED) is 0.0199. The van der Waals surface area contributed by atoms with Gasteiger partial charge in [0.05, 0.1) is 157 Å². The normalized spacial score (nSPS) is 21.9. The van der Waals surface area contributed by atoms with Gasteiger partial charge < -0.3 is 160 Å². The molecule has 0 radical (unpaired) electrons. The van der Waals surface area contributed by atoms with E-state index in [-0.39, 0.29) is 250 Å². The number of carbonyl (C=O) groups excluding carboxylic acids is 12. The maximum Gasteiger partial charge on any atom is 0.253 e. The van der Waals surface area contributed by atoms with Crippen LogP contribution in [0.3, 0.4) is 0 Å². The van der Waals surface area contributed by atoms with Gasteiger partial charge in [0.2, 0.25) is 59.1 Å². The molecule has 45 nitrogen and oxygen atoms in total. The molecule has 4 aliphatic heterocycles. The molecular formula is C80H139N11O34. The summed E-state index contributed by atoms with van der Waals surface area (Å²) in [5.41, 5.74) is -1.50. The lowest BCUT2D eigenvalue weighted by atomic mass is 9.97. The fourth-order valence-corrected chi connectivity index (χ4v) is 12.8. The Bertz CT molecular complexity index is 3020. The molecule has 718 valence electrons. The summed E-state index contributed by atoms with van der Waals surface area (Å²) in [6.45, 7) is 5.83. The fourth-order valence-electron chi connectivity index (χ4n) is 12.8. The molecular weight excluding hydrogens is 1660 g/mol. The third-order valence-corrected chi connectivity index (χ3v) is 19.4. The summed E-state index contributed by atoms with van der Waals surface area (Å²) in [7, 11) is 0. The van der Waals surface area contributed by atoms with Crippen molar-refractivity contribution in [3.8, 4) is 0 Å². The summed E-state index contributed by atoms with van der Waals surface area (Å²) in [4.78, 5) is 151. The Morgan fingerprint density at radius 1 is 0.360 bits per heavy atom. The highest BCUT2D eigenvalue weighted by molar-refractivity contribution is 6.12. The number of rotatable bonds is 73. The van der Waals surface area contributed by atoms with Gasteiger partial charge in [0, 0.05) is 137 Å². The number of aliphatic hydroxyl groups excluding tert-OH is 7. The molecule has 125 heavy (non-hydrogen) atoms. The summed E-state index contributed by atoms with van der Waals surface area (Å²) < 4.78 is 85.8. The van der Waals surface area contributed by atoms with E-state index in [0.29, 0.717) is 104 Å². The van der Waals surface area contributed by atoms with Crippen LogP contribution in [0.2, 0.25) is 0 Å². The summed E-state index contributed by atoms with van der Waals surface area (Å²) in [6.07, 6.45) is -4.35. The highest BCUT2D eigenvalue weighted by Gasteiger charge is 2.47. The minimum absolute atomic E-state index is 0.0488. The van der Waals surface area contributed by atoms with Gasteiger partial charge in [0.25, 0.3) is 11.8 Å². The molecule has 13 atom stereocenters. The molecule has 3 saturated heterocycles. The number of imide groups is 1. The lowest BCUT2D eigenvalue weighted by Gasteiger charge is -2.42. The minimum atomic E-state index is -1.50. The van der Waals surface area contributed by atoms with E-state index in [1.807, 2.05) is 0 Å². The van der Waals surface area contributed by atoms with Crippen LogP contribution >= 0.6 is 0 Å². The van der Waals surface area contributed by atoms with Crippen LogP contribution in [0.25, 0.3) is 0 Å². The van der Waals surface area contributed by atoms with Gasteiger partial charge in [-0.25, -0.2) is 0 Å². The van der Waals surface area contributed by atoms with Crippen molar-refractivity contribution in [2.24, 2.45) is 0 Å². The maximum absolute atomic E-state index is 13.9. The summed E-state index contributed by atoms with van der Waals surface area (Å²) in [5, 5.41) is 97.9. The van der Waals surface area contributed by atoms with Gasteiger partial charge in [0.1, 0.15) is 54.2 Å². The number of nitrogens with zero attached hydrogens (tertiary/aromatic N) is 1. The van der Waals surface area contributed by atoms with Crippen LogP contribution in [0, 0.1) is 0 Å². The zero-order valence-corrected chi connectivity index (χ0v) is 72.4. The summed E-state index contributed by atoms with van der Waals surface area (Å²) in [5.74, 6) is -4.37. The fraction of sp³-hybridized carbons (Fsp3) is 0.825. The predicted molar refractivity (Wildman–Crippen MR) is 437 cm³/mol. The van der Waals surface area contributed by atoms with Crippen LogP contribution in [0.4, 0.5) is 0 Å². The number of nitrogens with one attached hydrogen (secondary N) is 10. The Morgan fingerprint density at radius 2 is 0.680 bits per heavy atom. The highest BCUT2D eigenvalue weighted by atomic mass is 16.7. The molecule has 0 aromatic carbocycles. The van der Waals surface area contributed by atoms with Gasteiger partial charge in [-0.15, -0.1) is 0 Å². The van der Waals surface area contributed by atoms with E-state index < -0.39 is 122 Å². The van der Waals surface area contributed by atoms with Gasteiger partial charge in [-0.05, 0) is 70.6 Å². The standard InChI is InChI=1S/C80H139N11O34/c1-55(95)87-59-17-16-58(49-92)123-77(59)120-31-7-4-13-62(98)81-24-10-27-84-65(101)20-35-117-52-80(90-68(104)23-34-111-39-41-113-43-45-115-47-48-116-46-44-114-42-40-112-38-30-91-69(105)18-19-70(91)106,53-118-36-21-66(102)85-28-11-25-82-63(99)14-5-8-32-121-78-71(88-56(2)96)75(109)73(107)60(50-93)124-78)54-119-37-22-67(103)86-29-12-26-83-64(100)15-6-9-33-122-79-72(89-57(3)97)76(110)74(108)61(51-94)125-79/h18-19,58-61,71-79,92-94,107-110H,4-17,20-54H2,1-3H3,(H,81,98)(H,82,99)(H,83,100)(H,84,101)(H,85,102)(H,86,103)(H,87,95)(H,88,96)(H,89,97)(H,90,104)/t58-,59+,60+,61+,71+,72+,73-,74-,75+,76+,77?,78+,79+/m0/s1. The van der Waals surface area contributed by atoms with Crippen molar-refractivity contribution in [1.82, 2.24) is 58.1 Å². The average molecular weight is 1800 g/mol. The maximum atomic E-state index is 13.9. The SMILES string of the molecule is CC(=O)N[C@H]1[C@H](OCCCCC(=O)NCCCNC(=O)CCOCC(COCCC(=O)NCCCNC(=O)CCCCOC2O[C@H](CO)CC[C@H]2NC(C)=O)(COCCC(=O)NCCCNC(=O)CCCCO[C@@H]2O[C@H](CO)[C@H](O)[C@H](O)[C@H]2NC(C)=O)NC(=O)CCOCCOCCOCCOCCOCCOCCN2C(=O)C=CC2=O)O[C@H](CO)[C@H](O)[C@@H]1O. The van der Waals surface area contributed by atoms with Gasteiger partial charge in [-0.1, -0.05) is 0 Å². The number of carbonyl (C=O) groups is 12. The number of ether oxygens (including phenoxy) is 15. The minimum Gasteiger partial charge on any atom is -0.394 e. The van der Waals surface area contributed by atoms with Crippen molar-refractivity contribution in [2.75, 3.05) is 204 Å². The number of unbranched alkanes of at least 4 members (excludes halogenated alkanes) is 3. The van der Waals surface area contributed by atoms with E-state index in [9.17, 15) is 93.3 Å². The zero-order chi connectivity index (χ0) is 91.3.